The molecule has 0 atom stereocenters. The zero-order chi connectivity index (χ0) is 16.7. The van der Waals surface area contributed by atoms with Gasteiger partial charge in [-0.1, -0.05) is 30.3 Å². The molecule has 0 unspecified atom stereocenters. The van der Waals surface area contributed by atoms with Gasteiger partial charge in [0.1, 0.15) is 5.52 Å². The molecule has 0 aliphatic rings. The quantitative estimate of drug-likeness (QED) is 0.561. The summed E-state index contributed by atoms with van der Waals surface area (Å²) in [5.74, 6) is 1.89. The lowest BCUT2D eigenvalue weighted by Gasteiger charge is -2.12. The van der Waals surface area contributed by atoms with E-state index in [2.05, 4.69) is 4.98 Å². The number of pyridine rings is 1. The number of aryl methyl sites for hydroxylation is 1. The van der Waals surface area contributed by atoms with Gasteiger partial charge in [0.05, 0.1) is 19.9 Å². The molecule has 5 heteroatoms. The Balaban J connectivity index is 2.17. The molecule has 2 aromatic heterocycles. The van der Waals surface area contributed by atoms with E-state index in [0.29, 0.717) is 23.1 Å². The van der Waals surface area contributed by atoms with E-state index in [1.807, 2.05) is 49.4 Å². The van der Waals surface area contributed by atoms with E-state index in [0.717, 1.165) is 27.5 Å². The van der Waals surface area contributed by atoms with Crippen molar-refractivity contribution in [1.29, 1.82) is 0 Å². The van der Waals surface area contributed by atoms with E-state index in [1.165, 1.54) is 0 Å². The van der Waals surface area contributed by atoms with Crippen molar-refractivity contribution < 1.29 is 13.9 Å². The highest BCUT2D eigenvalue weighted by Gasteiger charge is 2.17. The number of hydrogen-bond donors (Lipinski definition) is 0. The molecule has 0 fully saturated rings. The molecular formula is C19H16N2O3. The molecule has 4 aromatic rings. The minimum atomic E-state index is 0.520. The zero-order valence-electron chi connectivity index (χ0n) is 13.7. The summed E-state index contributed by atoms with van der Waals surface area (Å²) >= 11 is 0. The standard InChI is InChI=1S/C19H16N2O3/c1-11-20-18-14-10-16(23-3)15(22-2)9-13(14)17(21-19(18)24-11)12-7-5-4-6-8-12/h4-10H,1-3H3. The summed E-state index contributed by atoms with van der Waals surface area (Å²) in [6.45, 7) is 1.82. The molecule has 2 heterocycles. The first-order valence-corrected chi connectivity index (χ1v) is 7.59. The van der Waals surface area contributed by atoms with Gasteiger partial charge in [0.2, 0.25) is 5.71 Å². The third kappa shape index (κ3) is 2.17. The summed E-state index contributed by atoms with van der Waals surface area (Å²) in [6.07, 6.45) is 0. The second kappa shape index (κ2) is 5.53. The van der Waals surface area contributed by atoms with Gasteiger partial charge in [0, 0.05) is 23.3 Å². The number of nitrogens with zero attached hydrogens (tertiary/aromatic N) is 2. The lowest BCUT2D eigenvalue weighted by atomic mass is 10.0. The number of methoxy groups -OCH3 is 2. The van der Waals surface area contributed by atoms with Crippen LogP contribution in [-0.2, 0) is 0 Å². The average Bonchev–Trinajstić information content (AvgIpc) is 3.01. The van der Waals surface area contributed by atoms with Crippen molar-refractivity contribution in [3.63, 3.8) is 0 Å². The number of aromatic nitrogens is 2. The Hall–Kier alpha value is -3.08. The van der Waals surface area contributed by atoms with Crippen LogP contribution in [0.1, 0.15) is 5.89 Å². The Morgan fingerprint density at radius 1 is 0.875 bits per heavy atom. The number of ether oxygens (including phenoxy) is 2. The van der Waals surface area contributed by atoms with Gasteiger partial charge < -0.3 is 13.9 Å². The molecule has 4 rings (SSSR count). The van der Waals surface area contributed by atoms with E-state index in [1.54, 1.807) is 14.2 Å². The van der Waals surface area contributed by atoms with E-state index >= 15 is 0 Å². The first kappa shape index (κ1) is 14.5. The minimum absolute atomic E-state index is 0.520. The van der Waals surface area contributed by atoms with E-state index in [9.17, 15) is 0 Å². The largest absolute Gasteiger partial charge is 0.493 e. The Kier molecular flexibility index (Phi) is 3.34. The summed E-state index contributed by atoms with van der Waals surface area (Å²) in [7, 11) is 3.24. The maximum atomic E-state index is 5.67. The Morgan fingerprint density at radius 3 is 2.21 bits per heavy atom. The van der Waals surface area contributed by atoms with Crippen LogP contribution >= 0.6 is 0 Å². The van der Waals surface area contributed by atoms with Crippen molar-refractivity contribution in [1.82, 2.24) is 9.97 Å². The fourth-order valence-corrected chi connectivity index (χ4v) is 2.92. The Labute approximate surface area is 138 Å². The molecule has 0 amide bonds. The second-order valence-corrected chi connectivity index (χ2v) is 5.47. The zero-order valence-corrected chi connectivity index (χ0v) is 13.7. The van der Waals surface area contributed by atoms with Crippen LogP contribution in [0.25, 0.3) is 33.3 Å². The second-order valence-electron chi connectivity index (χ2n) is 5.47. The molecule has 5 nitrogen and oxygen atoms in total. The monoisotopic (exact) mass is 320 g/mol. The Bertz CT molecular complexity index is 1040. The molecule has 2 aromatic carbocycles. The minimum Gasteiger partial charge on any atom is -0.493 e. The van der Waals surface area contributed by atoms with Crippen LogP contribution < -0.4 is 9.47 Å². The molecule has 0 aliphatic heterocycles. The van der Waals surface area contributed by atoms with Crippen molar-refractivity contribution in [3.8, 4) is 22.8 Å². The predicted octanol–water partition coefficient (Wildman–Crippen LogP) is 4.37. The fourth-order valence-electron chi connectivity index (χ4n) is 2.92. The number of fused-ring (bicyclic) bond motifs is 3. The van der Waals surface area contributed by atoms with Crippen molar-refractivity contribution in [2.75, 3.05) is 14.2 Å². The number of hydrogen-bond acceptors (Lipinski definition) is 5. The highest BCUT2D eigenvalue weighted by atomic mass is 16.5. The summed E-state index contributed by atoms with van der Waals surface area (Å²) in [6, 6.07) is 13.9. The van der Waals surface area contributed by atoms with E-state index in [4.69, 9.17) is 18.9 Å². The fraction of sp³-hybridized carbons (Fsp3) is 0.158. The molecule has 0 N–H and O–H groups in total. The van der Waals surface area contributed by atoms with Crippen LogP contribution in [-0.4, -0.2) is 24.2 Å². The molecule has 0 saturated carbocycles. The van der Waals surface area contributed by atoms with E-state index in [-0.39, 0.29) is 0 Å². The summed E-state index contributed by atoms with van der Waals surface area (Å²) in [5.41, 5.74) is 3.08. The number of oxazole rings is 1. The molecule has 0 radical (unpaired) electrons. The van der Waals surface area contributed by atoms with Crippen molar-refractivity contribution in [2.45, 2.75) is 6.92 Å². The lowest BCUT2D eigenvalue weighted by molar-refractivity contribution is 0.356. The third-order valence-corrected chi connectivity index (χ3v) is 4.01. The van der Waals surface area contributed by atoms with Crippen LogP contribution in [0, 0.1) is 6.92 Å². The third-order valence-electron chi connectivity index (χ3n) is 4.01. The SMILES string of the molecule is COc1cc2c(-c3ccccc3)nc3oc(C)nc3c2cc1OC. The average molecular weight is 320 g/mol. The van der Waals surface area contributed by atoms with Gasteiger partial charge >= 0.3 is 0 Å². The summed E-state index contributed by atoms with van der Waals surface area (Å²) in [5, 5.41) is 1.87. The number of benzene rings is 2. The van der Waals surface area contributed by atoms with Gasteiger partial charge in [-0.15, -0.1) is 0 Å². The van der Waals surface area contributed by atoms with Crippen LogP contribution in [0.5, 0.6) is 11.5 Å². The van der Waals surface area contributed by atoms with Crippen molar-refractivity contribution in [3.05, 3.63) is 48.4 Å². The van der Waals surface area contributed by atoms with Crippen molar-refractivity contribution in [2.24, 2.45) is 0 Å². The summed E-state index contributed by atoms with van der Waals surface area (Å²) in [4.78, 5) is 9.18. The van der Waals surface area contributed by atoms with Gasteiger partial charge in [0.25, 0.3) is 0 Å². The van der Waals surface area contributed by atoms with Gasteiger partial charge in [-0.3, -0.25) is 0 Å². The highest BCUT2D eigenvalue weighted by Crippen LogP contribution is 2.39. The van der Waals surface area contributed by atoms with Crippen LogP contribution in [0.15, 0.2) is 46.9 Å². The molecule has 24 heavy (non-hydrogen) atoms. The summed E-state index contributed by atoms with van der Waals surface area (Å²) < 4.78 is 16.6. The lowest BCUT2D eigenvalue weighted by Crippen LogP contribution is -1.94. The van der Waals surface area contributed by atoms with E-state index < -0.39 is 0 Å². The topological polar surface area (TPSA) is 57.4 Å². The van der Waals surface area contributed by atoms with Gasteiger partial charge in [0.15, 0.2) is 17.4 Å². The van der Waals surface area contributed by atoms with Crippen LogP contribution in [0.4, 0.5) is 0 Å². The van der Waals surface area contributed by atoms with Crippen LogP contribution in [0.3, 0.4) is 0 Å². The maximum absolute atomic E-state index is 5.67. The first-order chi connectivity index (χ1) is 11.7. The van der Waals surface area contributed by atoms with Gasteiger partial charge in [-0.2, -0.15) is 0 Å². The van der Waals surface area contributed by atoms with Crippen molar-refractivity contribution >= 4 is 22.0 Å². The Morgan fingerprint density at radius 2 is 1.54 bits per heavy atom. The molecule has 0 saturated heterocycles. The molecule has 0 spiro atoms. The molecule has 0 bridgehead atoms. The normalized spacial score (nSPS) is 11.1. The molecule has 0 aliphatic carbocycles. The number of rotatable bonds is 3. The highest BCUT2D eigenvalue weighted by molar-refractivity contribution is 6.09. The molecule has 120 valence electrons. The smallest absolute Gasteiger partial charge is 0.248 e. The van der Waals surface area contributed by atoms with Gasteiger partial charge in [-0.05, 0) is 12.1 Å². The predicted molar refractivity (Wildman–Crippen MR) is 92.6 cm³/mol. The maximum Gasteiger partial charge on any atom is 0.248 e. The molecular weight excluding hydrogens is 304 g/mol. The van der Waals surface area contributed by atoms with Crippen LogP contribution in [0.2, 0.25) is 0 Å². The first-order valence-electron chi connectivity index (χ1n) is 7.59. The van der Waals surface area contributed by atoms with Gasteiger partial charge in [-0.25, -0.2) is 9.97 Å².